The van der Waals surface area contributed by atoms with Crippen LogP contribution in [0.3, 0.4) is 0 Å². The molecule has 2 aliphatic rings. The van der Waals surface area contributed by atoms with Gasteiger partial charge in [-0.1, -0.05) is 35.5 Å². The van der Waals surface area contributed by atoms with Crippen LogP contribution in [0.4, 0.5) is 9.93 Å². The molecule has 2 aromatic rings. The predicted octanol–water partition coefficient (Wildman–Crippen LogP) is 0.681. The summed E-state index contributed by atoms with van der Waals surface area (Å²) in [4.78, 5) is 89.5. The van der Waals surface area contributed by atoms with Crippen molar-refractivity contribution in [3.63, 3.8) is 0 Å². The van der Waals surface area contributed by atoms with E-state index in [9.17, 15) is 39.0 Å². The largest absolute Gasteiger partial charge is 0.478 e. The van der Waals surface area contributed by atoms with Crippen LogP contribution in [-0.2, 0) is 49.7 Å². The summed E-state index contributed by atoms with van der Waals surface area (Å²) < 4.78 is 10.1. The van der Waals surface area contributed by atoms with E-state index in [2.05, 4.69) is 15.5 Å². The Bertz CT molecular complexity index is 1510. The molecule has 3 heterocycles. The lowest BCUT2D eigenvalue weighted by Gasteiger charge is -2.30. The fourth-order valence-electron chi connectivity index (χ4n) is 4.05. The molecule has 2 fully saturated rings. The first-order valence-corrected chi connectivity index (χ1v) is 13.8. The van der Waals surface area contributed by atoms with E-state index in [-0.39, 0.29) is 17.4 Å². The van der Waals surface area contributed by atoms with Crippen LogP contribution >= 0.6 is 11.3 Å². The number of carbonyl (C=O) groups excluding carboxylic acids is 4. The molecule has 2 aliphatic heterocycles. The number of nitrogens with two attached hydrogens (primary N) is 1. The van der Waals surface area contributed by atoms with Crippen LogP contribution in [0.1, 0.15) is 37.9 Å². The number of hydrogen-bond donors (Lipinski definition) is 4. The number of amides is 2. The number of nitrogens with one attached hydrogen (secondary N) is 1. The van der Waals surface area contributed by atoms with E-state index in [4.69, 9.17) is 24.9 Å². The zero-order valence-electron chi connectivity index (χ0n) is 23.3. The number of carboxylic acids is 2. The predicted molar refractivity (Wildman–Crippen MR) is 146 cm³/mol. The number of ether oxygens (including phenoxy) is 2. The molecule has 2 saturated heterocycles. The van der Waals surface area contributed by atoms with E-state index in [1.165, 1.54) is 19.2 Å². The van der Waals surface area contributed by atoms with Crippen molar-refractivity contribution >= 4 is 57.9 Å². The topological polar surface area (TPSA) is 246 Å². The smallest absolute Gasteiger partial charge is 0.408 e. The van der Waals surface area contributed by atoms with Crippen LogP contribution in [-0.4, -0.2) is 85.6 Å². The maximum atomic E-state index is 13.3. The Morgan fingerprint density at radius 3 is 2.55 bits per heavy atom. The number of aliphatic carboxylic acids is 2. The van der Waals surface area contributed by atoms with Crippen LogP contribution in [0.5, 0.6) is 0 Å². The molecule has 44 heavy (non-hydrogen) atoms. The Balaban J connectivity index is 1.45. The molecule has 17 nitrogen and oxygen atoms in total. The van der Waals surface area contributed by atoms with Gasteiger partial charge in [0, 0.05) is 11.8 Å². The van der Waals surface area contributed by atoms with Gasteiger partial charge in [0.2, 0.25) is 5.60 Å². The summed E-state index contributed by atoms with van der Waals surface area (Å²) in [5.74, 6) is -7.40. The zero-order valence-corrected chi connectivity index (χ0v) is 24.1. The number of oxime groups is 1. The second-order valence-electron chi connectivity index (χ2n) is 10.1. The number of nitrogens with zero attached hydrogens (tertiary/aromatic N) is 3. The number of ketones is 1. The number of Topliss-reactive ketones (excluding diaryl/α,β-unsaturated/α-hetero) is 1. The molecule has 2 amide bonds. The molecule has 0 saturated carbocycles. The fraction of sp³-hybridized carbons (Fsp3) is 0.385. The average molecular weight is 634 g/mol. The molecule has 5 N–H and O–H groups in total. The Hall–Kier alpha value is -5.10. The normalized spacial score (nSPS) is 22.0. The van der Waals surface area contributed by atoms with E-state index >= 15 is 0 Å². The van der Waals surface area contributed by atoms with Gasteiger partial charge >= 0.3 is 29.7 Å². The van der Waals surface area contributed by atoms with Crippen molar-refractivity contribution in [2.75, 3.05) is 12.3 Å². The van der Waals surface area contributed by atoms with Crippen LogP contribution in [0.25, 0.3) is 0 Å². The molecule has 0 spiro atoms. The van der Waals surface area contributed by atoms with Crippen molar-refractivity contribution in [3.8, 4) is 0 Å². The second kappa shape index (κ2) is 12.6. The number of rotatable bonds is 12. The molecule has 0 aliphatic carbocycles. The van der Waals surface area contributed by atoms with Crippen molar-refractivity contribution in [2.24, 2.45) is 11.1 Å². The Kier molecular flexibility index (Phi) is 9.14. The SMILES string of the molecule is CC(C)(O/N=C(\C(=O)C[C@H]1CON(C2(C(=O)O)CC(NC(=O)OCc3ccccc3)C(=O)O2)C1=O)c1csc(N)n1)C(=O)O. The van der Waals surface area contributed by atoms with Crippen molar-refractivity contribution in [3.05, 3.63) is 47.0 Å². The quantitative estimate of drug-likeness (QED) is 0.143. The average Bonchev–Trinajstić information content (AvgIpc) is 3.65. The molecule has 4 rings (SSSR count). The minimum Gasteiger partial charge on any atom is -0.478 e. The number of alkyl carbamates (subject to hydrolysis) is 1. The third kappa shape index (κ3) is 6.76. The number of aromatic nitrogens is 1. The molecule has 1 aromatic heterocycles. The minimum absolute atomic E-state index is 0.0401. The van der Waals surface area contributed by atoms with Crippen LogP contribution in [0.2, 0.25) is 0 Å². The monoisotopic (exact) mass is 633 g/mol. The van der Waals surface area contributed by atoms with Gasteiger partial charge in [-0.25, -0.2) is 24.2 Å². The number of benzene rings is 1. The molecule has 0 radical (unpaired) electrons. The van der Waals surface area contributed by atoms with Gasteiger partial charge in [0.15, 0.2) is 16.6 Å². The molecule has 0 bridgehead atoms. The number of nitrogen functional groups attached to an aromatic ring is 1. The summed E-state index contributed by atoms with van der Waals surface area (Å²) in [6.45, 7) is 1.78. The van der Waals surface area contributed by atoms with Crippen LogP contribution in [0.15, 0.2) is 40.9 Å². The molecule has 18 heteroatoms. The third-order valence-corrected chi connectivity index (χ3v) is 7.17. The van der Waals surface area contributed by atoms with Gasteiger partial charge in [0.25, 0.3) is 5.91 Å². The summed E-state index contributed by atoms with van der Waals surface area (Å²) in [5, 5.41) is 27.0. The Morgan fingerprint density at radius 1 is 1.23 bits per heavy atom. The van der Waals surface area contributed by atoms with E-state index < -0.39 is 84.1 Å². The molecular formula is C26H27N5O12S. The van der Waals surface area contributed by atoms with Gasteiger partial charge in [0.05, 0.1) is 18.9 Å². The third-order valence-electron chi connectivity index (χ3n) is 6.50. The van der Waals surface area contributed by atoms with Crippen molar-refractivity contribution in [2.45, 2.75) is 50.7 Å². The van der Waals surface area contributed by atoms with E-state index in [1.54, 1.807) is 30.3 Å². The maximum absolute atomic E-state index is 13.3. The summed E-state index contributed by atoms with van der Waals surface area (Å²) in [6.07, 6.45) is -2.35. The number of cyclic esters (lactones) is 1. The highest BCUT2D eigenvalue weighted by Gasteiger charge is 2.62. The number of carbonyl (C=O) groups is 6. The van der Waals surface area contributed by atoms with Crippen LogP contribution in [0, 0.1) is 5.92 Å². The summed E-state index contributed by atoms with van der Waals surface area (Å²) in [5.41, 5.74) is 1.36. The lowest BCUT2D eigenvalue weighted by Crippen LogP contribution is -2.55. The molecule has 234 valence electrons. The molecule has 1 aromatic carbocycles. The van der Waals surface area contributed by atoms with E-state index in [1.807, 2.05) is 0 Å². The summed E-state index contributed by atoms with van der Waals surface area (Å²) in [7, 11) is 0. The lowest BCUT2D eigenvalue weighted by molar-refractivity contribution is -0.256. The first kappa shape index (κ1) is 31.8. The number of thiazole rings is 1. The van der Waals surface area contributed by atoms with Crippen LogP contribution < -0.4 is 11.1 Å². The number of esters is 1. The lowest BCUT2D eigenvalue weighted by atomic mass is 9.98. The van der Waals surface area contributed by atoms with Gasteiger partial charge in [-0.2, -0.15) is 5.06 Å². The summed E-state index contributed by atoms with van der Waals surface area (Å²) in [6, 6.07) is 7.14. The van der Waals surface area contributed by atoms with E-state index in [0.717, 1.165) is 11.3 Å². The fourth-order valence-corrected chi connectivity index (χ4v) is 4.60. The zero-order chi connectivity index (χ0) is 32.2. The maximum Gasteiger partial charge on any atom is 0.408 e. The molecule has 3 atom stereocenters. The first-order valence-electron chi connectivity index (χ1n) is 12.9. The molecular weight excluding hydrogens is 606 g/mol. The number of hydroxylamine groups is 2. The second-order valence-corrected chi connectivity index (χ2v) is 11.0. The van der Waals surface area contributed by atoms with Gasteiger partial charge in [-0.05, 0) is 19.4 Å². The minimum atomic E-state index is -2.65. The van der Waals surface area contributed by atoms with Crippen molar-refractivity contribution in [1.29, 1.82) is 0 Å². The Labute approximate surface area is 252 Å². The highest BCUT2D eigenvalue weighted by Crippen LogP contribution is 2.36. The van der Waals surface area contributed by atoms with Gasteiger partial charge in [-0.3, -0.25) is 14.4 Å². The number of carboxylic acid groups (broad SMARTS) is 2. The Morgan fingerprint density at radius 2 is 1.93 bits per heavy atom. The highest BCUT2D eigenvalue weighted by atomic mass is 32.1. The van der Waals surface area contributed by atoms with Gasteiger partial charge in [0.1, 0.15) is 18.3 Å². The van der Waals surface area contributed by atoms with E-state index in [0.29, 0.717) is 10.6 Å². The number of hydrogen-bond acceptors (Lipinski definition) is 14. The van der Waals surface area contributed by atoms with Gasteiger partial charge in [-0.15, -0.1) is 11.3 Å². The standard InChI is InChI=1S/C26H27N5O12S/c1-25(2,21(35)36)43-30-18(16-12-44-23(27)28-16)17(32)8-14-11-41-31(19(14)33)26(22(37)38)9-15(20(34)42-26)29-24(39)40-10-13-6-4-3-5-7-13/h3-7,12,14-15H,8-11H2,1-2H3,(H2,27,28)(H,29,39)(H,35,36)(H,37,38)/b30-18-/t14-,15?,26?/m0/s1. The van der Waals surface area contributed by atoms with Gasteiger partial charge < -0.3 is 35.6 Å². The first-order chi connectivity index (χ1) is 20.7. The number of anilines is 1. The van der Waals surface area contributed by atoms with Crippen molar-refractivity contribution in [1.82, 2.24) is 15.4 Å². The summed E-state index contributed by atoms with van der Waals surface area (Å²) >= 11 is 0.968. The van der Waals surface area contributed by atoms with Crippen molar-refractivity contribution < 1.29 is 58.1 Å². The highest BCUT2D eigenvalue weighted by molar-refractivity contribution is 7.13. The molecule has 2 unspecified atom stereocenters.